The highest BCUT2D eigenvalue weighted by molar-refractivity contribution is 6.07. The van der Waals surface area contributed by atoms with Gasteiger partial charge in [-0.25, -0.2) is 4.79 Å². The molecule has 1 aromatic carbocycles. The predicted octanol–water partition coefficient (Wildman–Crippen LogP) is 2.70. The molecule has 0 saturated carbocycles. The number of aromatic nitrogens is 2. The molecule has 6 heteroatoms. The van der Waals surface area contributed by atoms with E-state index in [1.807, 2.05) is 6.07 Å². The summed E-state index contributed by atoms with van der Waals surface area (Å²) in [6.45, 7) is 0. The molecule has 0 aliphatic rings. The fourth-order valence-electron chi connectivity index (χ4n) is 2.56. The molecule has 2 heterocycles. The summed E-state index contributed by atoms with van der Waals surface area (Å²) in [6, 6.07) is 8.55. The summed E-state index contributed by atoms with van der Waals surface area (Å²) < 4.78 is 0. The van der Waals surface area contributed by atoms with Crippen LogP contribution >= 0.6 is 0 Å². The Morgan fingerprint density at radius 3 is 2.62 bits per heavy atom. The number of hydrogen-bond donors (Lipinski definition) is 1. The standard InChI is InChI=1S/C18H15N3O3/c1-21(2)17(22)12-8-11(9-19-10-12)13-5-6-15(18(23)24)16-14(13)4-3-7-20-16/h3-10H,1-2H3,(H,23,24). The van der Waals surface area contributed by atoms with E-state index in [2.05, 4.69) is 9.97 Å². The number of hydrogen-bond acceptors (Lipinski definition) is 4. The van der Waals surface area contributed by atoms with Gasteiger partial charge in [-0.2, -0.15) is 0 Å². The first-order valence-electron chi connectivity index (χ1n) is 7.27. The van der Waals surface area contributed by atoms with Gasteiger partial charge < -0.3 is 10.0 Å². The maximum atomic E-state index is 12.1. The molecule has 2 aromatic heterocycles. The number of fused-ring (bicyclic) bond motifs is 1. The van der Waals surface area contributed by atoms with Crippen molar-refractivity contribution in [3.63, 3.8) is 0 Å². The van der Waals surface area contributed by atoms with E-state index in [0.29, 0.717) is 16.5 Å². The summed E-state index contributed by atoms with van der Waals surface area (Å²) in [7, 11) is 3.35. The molecule has 0 fully saturated rings. The van der Waals surface area contributed by atoms with E-state index >= 15 is 0 Å². The van der Waals surface area contributed by atoms with Gasteiger partial charge in [0.25, 0.3) is 5.91 Å². The SMILES string of the molecule is CN(C)C(=O)c1cncc(-c2ccc(C(=O)O)c3ncccc23)c1. The highest BCUT2D eigenvalue weighted by Gasteiger charge is 2.15. The fraction of sp³-hybridized carbons (Fsp3) is 0.111. The number of amides is 1. The minimum absolute atomic E-state index is 0.142. The van der Waals surface area contributed by atoms with Gasteiger partial charge >= 0.3 is 5.97 Å². The maximum absolute atomic E-state index is 12.1. The third-order valence-electron chi connectivity index (χ3n) is 3.70. The van der Waals surface area contributed by atoms with Crippen LogP contribution in [0.4, 0.5) is 0 Å². The van der Waals surface area contributed by atoms with Crippen molar-refractivity contribution in [3.05, 3.63) is 60.0 Å². The molecule has 1 amide bonds. The van der Waals surface area contributed by atoms with Crippen molar-refractivity contribution < 1.29 is 14.7 Å². The fourth-order valence-corrected chi connectivity index (χ4v) is 2.56. The molecular formula is C18H15N3O3. The molecule has 0 unspecified atom stereocenters. The van der Waals surface area contributed by atoms with Crippen molar-refractivity contribution in [2.24, 2.45) is 0 Å². The maximum Gasteiger partial charge on any atom is 0.337 e. The number of rotatable bonds is 3. The van der Waals surface area contributed by atoms with Gasteiger partial charge in [-0.1, -0.05) is 12.1 Å². The van der Waals surface area contributed by atoms with Gasteiger partial charge in [-0.3, -0.25) is 14.8 Å². The summed E-state index contributed by atoms with van der Waals surface area (Å²) in [5.41, 5.74) is 2.54. The van der Waals surface area contributed by atoms with E-state index in [1.54, 1.807) is 44.7 Å². The molecule has 0 saturated heterocycles. The minimum Gasteiger partial charge on any atom is -0.478 e. The molecule has 1 N–H and O–H groups in total. The number of aromatic carboxylic acids is 1. The number of nitrogens with zero attached hydrogens (tertiary/aromatic N) is 3. The average Bonchev–Trinajstić information content (AvgIpc) is 2.60. The number of pyridine rings is 2. The molecule has 0 aliphatic heterocycles. The Hall–Kier alpha value is -3.28. The molecule has 3 aromatic rings. The van der Waals surface area contributed by atoms with E-state index in [-0.39, 0.29) is 11.5 Å². The Labute approximate surface area is 138 Å². The molecule has 0 aliphatic carbocycles. The van der Waals surface area contributed by atoms with Crippen LogP contribution in [-0.4, -0.2) is 45.9 Å². The smallest absolute Gasteiger partial charge is 0.337 e. The number of carboxylic acid groups (broad SMARTS) is 1. The van der Waals surface area contributed by atoms with Crippen LogP contribution in [0.25, 0.3) is 22.0 Å². The van der Waals surface area contributed by atoms with Crippen molar-refractivity contribution >= 4 is 22.8 Å². The van der Waals surface area contributed by atoms with Crippen molar-refractivity contribution in [2.75, 3.05) is 14.1 Å². The Morgan fingerprint density at radius 1 is 1.12 bits per heavy atom. The molecule has 24 heavy (non-hydrogen) atoms. The van der Waals surface area contributed by atoms with E-state index in [4.69, 9.17) is 0 Å². The van der Waals surface area contributed by atoms with Crippen LogP contribution in [0.3, 0.4) is 0 Å². The van der Waals surface area contributed by atoms with Gasteiger partial charge in [0.05, 0.1) is 16.6 Å². The Kier molecular flexibility index (Phi) is 3.95. The van der Waals surface area contributed by atoms with Crippen molar-refractivity contribution in [3.8, 4) is 11.1 Å². The monoisotopic (exact) mass is 321 g/mol. The van der Waals surface area contributed by atoms with E-state index in [9.17, 15) is 14.7 Å². The summed E-state index contributed by atoms with van der Waals surface area (Å²) in [5, 5.41) is 10.0. The third kappa shape index (κ3) is 2.69. The Morgan fingerprint density at radius 2 is 1.92 bits per heavy atom. The topological polar surface area (TPSA) is 83.4 Å². The lowest BCUT2D eigenvalue weighted by Crippen LogP contribution is -2.21. The lowest BCUT2D eigenvalue weighted by molar-refractivity contribution is 0.0698. The zero-order chi connectivity index (χ0) is 17.3. The number of carbonyl (C=O) groups excluding carboxylic acids is 1. The van der Waals surface area contributed by atoms with Crippen molar-refractivity contribution in [2.45, 2.75) is 0 Å². The zero-order valence-electron chi connectivity index (χ0n) is 13.2. The molecule has 120 valence electrons. The number of carboxylic acids is 1. The molecule has 0 spiro atoms. The van der Waals surface area contributed by atoms with Crippen molar-refractivity contribution in [1.29, 1.82) is 0 Å². The highest BCUT2D eigenvalue weighted by atomic mass is 16.4. The predicted molar refractivity (Wildman–Crippen MR) is 90.0 cm³/mol. The highest BCUT2D eigenvalue weighted by Crippen LogP contribution is 2.30. The molecule has 0 radical (unpaired) electrons. The molecular weight excluding hydrogens is 306 g/mol. The third-order valence-corrected chi connectivity index (χ3v) is 3.70. The van der Waals surface area contributed by atoms with E-state index in [0.717, 1.165) is 11.1 Å². The minimum atomic E-state index is -1.03. The molecule has 0 atom stereocenters. The molecule has 3 rings (SSSR count). The largest absolute Gasteiger partial charge is 0.478 e. The van der Waals surface area contributed by atoms with Gasteiger partial charge in [-0.05, 0) is 23.8 Å². The first-order chi connectivity index (χ1) is 11.5. The van der Waals surface area contributed by atoms with Gasteiger partial charge in [0.1, 0.15) is 0 Å². The van der Waals surface area contributed by atoms with Crippen LogP contribution in [0.15, 0.2) is 48.9 Å². The van der Waals surface area contributed by atoms with E-state index < -0.39 is 5.97 Å². The van der Waals surface area contributed by atoms with Gasteiger partial charge in [0.2, 0.25) is 0 Å². The molecule has 0 bridgehead atoms. The first kappa shape index (κ1) is 15.6. The van der Waals surface area contributed by atoms with Crippen molar-refractivity contribution in [1.82, 2.24) is 14.9 Å². The summed E-state index contributed by atoms with van der Waals surface area (Å²) in [5.74, 6) is -1.17. The Balaban J connectivity index is 2.21. The van der Waals surface area contributed by atoms with Crippen LogP contribution in [0, 0.1) is 0 Å². The second kappa shape index (κ2) is 6.08. The summed E-state index contributed by atoms with van der Waals surface area (Å²) >= 11 is 0. The van der Waals surface area contributed by atoms with Crippen LogP contribution < -0.4 is 0 Å². The number of benzene rings is 1. The zero-order valence-corrected chi connectivity index (χ0v) is 13.2. The van der Waals surface area contributed by atoms with E-state index in [1.165, 1.54) is 17.2 Å². The Bertz CT molecular complexity index is 951. The van der Waals surface area contributed by atoms with Gasteiger partial charge in [-0.15, -0.1) is 0 Å². The quantitative estimate of drug-likeness (QED) is 0.802. The van der Waals surface area contributed by atoms with Gasteiger partial charge in [0.15, 0.2) is 0 Å². The first-order valence-corrected chi connectivity index (χ1v) is 7.27. The second-order valence-electron chi connectivity index (χ2n) is 5.53. The normalized spacial score (nSPS) is 10.6. The summed E-state index contributed by atoms with van der Waals surface area (Å²) in [6.07, 6.45) is 4.72. The van der Waals surface area contributed by atoms with Crippen LogP contribution in [0.1, 0.15) is 20.7 Å². The van der Waals surface area contributed by atoms with Gasteiger partial charge in [0, 0.05) is 43.6 Å². The molecule has 6 nitrogen and oxygen atoms in total. The lowest BCUT2D eigenvalue weighted by Gasteiger charge is -2.12. The van der Waals surface area contributed by atoms with Crippen LogP contribution in [0.2, 0.25) is 0 Å². The summed E-state index contributed by atoms with van der Waals surface area (Å²) in [4.78, 5) is 33.3. The number of carbonyl (C=O) groups is 2. The lowest BCUT2D eigenvalue weighted by atomic mass is 9.98. The van der Waals surface area contributed by atoms with Crippen LogP contribution in [-0.2, 0) is 0 Å². The average molecular weight is 321 g/mol. The second-order valence-corrected chi connectivity index (χ2v) is 5.53. The van der Waals surface area contributed by atoms with Crippen LogP contribution in [0.5, 0.6) is 0 Å².